The average molecular weight is 1270 g/mol. The molecular formula is C61H96N2O26. The molecule has 29 unspecified atom stereocenters. The normalized spacial score (nSPS) is 46.0. The van der Waals surface area contributed by atoms with Crippen LogP contribution in [0.15, 0.2) is 34.8 Å². The van der Waals surface area contributed by atoms with Crippen molar-refractivity contribution in [3.63, 3.8) is 0 Å². The third kappa shape index (κ3) is 14.3. The summed E-state index contributed by atoms with van der Waals surface area (Å²) >= 11 is 0. The molecule has 14 N–H and O–H groups in total. The highest BCUT2D eigenvalue weighted by atomic mass is 16.8. The second kappa shape index (κ2) is 28.4. The summed E-state index contributed by atoms with van der Waals surface area (Å²) in [5.41, 5.74) is 0.939. The fourth-order valence-electron chi connectivity index (χ4n) is 15.6. The average Bonchev–Trinajstić information content (AvgIpc) is 1.68. The van der Waals surface area contributed by atoms with Gasteiger partial charge in [-0.2, -0.15) is 0 Å². The van der Waals surface area contributed by atoms with Crippen LogP contribution in [0.4, 0.5) is 0 Å². The molecule has 2 aliphatic carbocycles. The Morgan fingerprint density at radius 3 is 1.83 bits per heavy atom. The standard InChI is InChI=1S/C61H96N2O26/c1-25(2)18-29(68)19-26(3)30-10-11-31-33-12-13-38-59(6,7)39(14-17-61(38,9)40(82-33)15-16-60(30,31)8)87-58-53(47(74)37(24-81-58)86-54-41(62-27(4)66)48(75)44(71)34(20-64)83-54)88-55-42(63-28(5)67)49(76)46(73)36(85-55)23-80-57-52(43(70)32(69)22-79-57)89-56-51(78)50(77)45(72)35(21-65)84-56/h15,18,26,30,32,34-39,41-58,64-65,69-78H,10-14,16-17,19-24H2,1-9H3,(H,62,66)(H,63,67). The minimum absolute atomic E-state index is 0.0532. The minimum atomic E-state index is -1.94. The number of rotatable bonds is 19. The van der Waals surface area contributed by atoms with Gasteiger partial charge in [-0.05, 0) is 98.7 Å². The van der Waals surface area contributed by atoms with Crippen molar-refractivity contribution >= 4 is 17.6 Å². The number of hydrogen-bond acceptors (Lipinski definition) is 26. The SMILES string of the molecule is CC(=O)NC1C(OC2COC(OC3CCC4(C)C5=CCC6(C)C(=C(CCC4C3(C)C)O5)CCC6C(C)CC(=O)C=C(C)C)C(OC3OC(COC4OCC(O)C(O)C4OC4OC(CO)C(O)C(O)C4O)C(O)C(O)C3NC(C)=O)C2O)OC(CO)C(O)C1O. The lowest BCUT2D eigenvalue weighted by molar-refractivity contribution is -0.375. The van der Waals surface area contributed by atoms with Crippen LogP contribution in [0.1, 0.15) is 114 Å². The Hall–Kier alpha value is -3.25. The van der Waals surface area contributed by atoms with E-state index in [2.05, 4.69) is 51.3 Å². The van der Waals surface area contributed by atoms with Gasteiger partial charge in [0.1, 0.15) is 121 Å². The van der Waals surface area contributed by atoms with Crippen LogP contribution in [0.2, 0.25) is 0 Å². The molecule has 89 heavy (non-hydrogen) atoms. The minimum Gasteiger partial charge on any atom is -0.466 e. The molecule has 2 amide bonds. The molecule has 28 nitrogen and oxygen atoms in total. The number of fused-ring (bicyclic) bond motifs is 5. The first-order chi connectivity index (χ1) is 41.9. The van der Waals surface area contributed by atoms with Crippen LogP contribution in [-0.4, -0.2) is 259 Å². The fraction of sp³-hybridized carbons (Fsp3) is 0.852. The van der Waals surface area contributed by atoms with Crippen molar-refractivity contribution in [2.45, 2.75) is 261 Å². The molecule has 2 saturated carbocycles. The number of aliphatic hydroxyl groups is 12. The highest BCUT2D eigenvalue weighted by Gasteiger charge is 2.60. The van der Waals surface area contributed by atoms with E-state index in [9.17, 15) is 75.7 Å². The number of aliphatic hydroxyl groups excluding tert-OH is 12. The molecule has 2 bridgehead atoms. The molecule has 7 aliphatic heterocycles. The zero-order chi connectivity index (χ0) is 64.9. The Morgan fingerprint density at radius 2 is 1.20 bits per heavy atom. The first-order valence-corrected chi connectivity index (χ1v) is 31.2. The maximum atomic E-state index is 13.0. The number of hydrogen-bond donors (Lipinski definition) is 14. The van der Waals surface area contributed by atoms with Gasteiger partial charge in [0.05, 0.1) is 39.1 Å². The van der Waals surface area contributed by atoms with Crippen LogP contribution >= 0.6 is 0 Å². The lowest BCUT2D eigenvalue weighted by Crippen LogP contribution is -2.68. The lowest BCUT2D eigenvalue weighted by atomic mass is 9.53. The Labute approximate surface area is 517 Å². The topological polar surface area (TPSA) is 420 Å². The molecule has 0 radical (unpaired) electrons. The third-order valence-corrected chi connectivity index (χ3v) is 20.4. The predicted octanol–water partition coefficient (Wildman–Crippen LogP) is -2.19. The van der Waals surface area contributed by atoms with Crippen molar-refractivity contribution in [2.75, 3.05) is 33.0 Å². The molecule has 9 rings (SSSR count). The monoisotopic (exact) mass is 1270 g/mol. The molecule has 9 aliphatic rings. The summed E-state index contributed by atoms with van der Waals surface area (Å²) in [6, 6.07) is -3.04. The predicted molar refractivity (Wildman–Crippen MR) is 304 cm³/mol. The van der Waals surface area contributed by atoms with Gasteiger partial charge in [0.25, 0.3) is 0 Å². The van der Waals surface area contributed by atoms with E-state index in [1.54, 1.807) is 6.08 Å². The smallest absolute Gasteiger partial charge is 0.217 e. The second-order valence-electron chi connectivity index (χ2n) is 27.2. The quantitative estimate of drug-likeness (QED) is 0.0611. The molecule has 7 heterocycles. The molecule has 29 atom stereocenters. The molecule has 506 valence electrons. The molecule has 8 fully saturated rings. The maximum absolute atomic E-state index is 13.0. The molecule has 6 saturated heterocycles. The number of carbonyl (C=O) groups excluding carboxylic acids is 3. The second-order valence-corrected chi connectivity index (χ2v) is 27.2. The Kier molecular flexibility index (Phi) is 22.3. The van der Waals surface area contributed by atoms with E-state index in [-0.39, 0.29) is 29.0 Å². The van der Waals surface area contributed by atoms with Gasteiger partial charge < -0.3 is 124 Å². The van der Waals surface area contributed by atoms with Gasteiger partial charge in [0.2, 0.25) is 11.8 Å². The van der Waals surface area contributed by atoms with Gasteiger partial charge in [-0.1, -0.05) is 40.2 Å². The van der Waals surface area contributed by atoms with E-state index in [1.165, 1.54) is 5.57 Å². The summed E-state index contributed by atoms with van der Waals surface area (Å²) in [6.45, 7) is 13.8. The molecule has 0 aromatic carbocycles. The number of amides is 2. The maximum Gasteiger partial charge on any atom is 0.217 e. The van der Waals surface area contributed by atoms with E-state index in [0.717, 1.165) is 56.6 Å². The van der Waals surface area contributed by atoms with Crippen LogP contribution in [-0.2, 0) is 66.5 Å². The zero-order valence-corrected chi connectivity index (χ0v) is 52.0. The van der Waals surface area contributed by atoms with Crippen molar-refractivity contribution in [1.82, 2.24) is 10.6 Å². The number of nitrogens with one attached hydrogen (secondary N) is 2. The van der Waals surface area contributed by atoms with E-state index < -0.39 is 203 Å². The molecular weight excluding hydrogens is 1180 g/mol. The first kappa shape index (κ1) is 70.1. The van der Waals surface area contributed by atoms with Gasteiger partial charge in [-0.3, -0.25) is 14.4 Å². The number of ketones is 1. The Balaban J connectivity index is 0.984. The van der Waals surface area contributed by atoms with E-state index in [4.69, 9.17) is 52.1 Å². The first-order valence-electron chi connectivity index (χ1n) is 31.2. The summed E-state index contributed by atoms with van der Waals surface area (Å²) in [4.78, 5) is 38.4. The molecule has 28 heteroatoms. The Morgan fingerprint density at radius 1 is 0.629 bits per heavy atom. The van der Waals surface area contributed by atoms with Crippen molar-refractivity contribution in [1.29, 1.82) is 0 Å². The van der Waals surface area contributed by atoms with Gasteiger partial charge >= 0.3 is 0 Å². The summed E-state index contributed by atoms with van der Waals surface area (Å²) in [5, 5.41) is 136. The number of ether oxygens (including phenoxy) is 11. The third-order valence-electron chi connectivity index (χ3n) is 20.4. The lowest BCUT2D eigenvalue weighted by Gasteiger charge is -2.55. The number of carbonyl (C=O) groups is 3. The summed E-state index contributed by atoms with van der Waals surface area (Å²) < 4.78 is 68.7. The molecule has 0 spiro atoms. The van der Waals surface area contributed by atoms with Crippen LogP contribution in [0.5, 0.6) is 0 Å². The number of allylic oxidation sites excluding steroid dienone is 6. The van der Waals surface area contributed by atoms with E-state index in [1.807, 2.05) is 13.8 Å². The summed E-state index contributed by atoms with van der Waals surface area (Å²) in [5.74, 6) is 1.01. The largest absolute Gasteiger partial charge is 0.466 e. The zero-order valence-electron chi connectivity index (χ0n) is 52.0. The van der Waals surface area contributed by atoms with Crippen LogP contribution in [0.25, 0.3) is 0 Å². The van der Waals surface area contributed by atoms with Crippen molar-refractivity contribution in [2.24, 2.45) is 34.0 Å². The van der Waals surface area contributed by atoms with E-state index >= 15 is 0 Å². The van der Waals surface area contributed by atoms with Gasteiger partial charge in [-0.25, -0.2) is 0 Å². The molecule has 0 aromatic rings. The van der Waals surface area contributed by atoms with E-state index in [0.29, 0.717) is 25.7 Å². The van der Waals surface area contributed by atoms with Crippen molar-refractivity contribution < 1.29 is 128 Å². The van der Waals surface area contributed by atoms with Crippen LogP contribution < -0.4 is 10.6 Å². The van der Waals surface area contributed by atoms with Gasteiger partial charge in [-0.15, -0.1) is 0 Å². The van der Waals surface area contributed by atoms with Gasteiger partial charge in [0, 0.05) is 32.1 Å². The van der Waals surface area contributed by atoms with Gasteiger partial charge in [0.15, 0.2) is 37.2 Å². The summed E-state index contributed by atoms with van der Waals surface area (Å²) in [7, 11) is 0. The van der Waals surface area contributed by atoms with Crippen LogP contribution in [0, 0.1) is 34.0 Å². The van der Waals surface area contributed by atoms with Crippen molar-refractivity contribution in [3.8, 4) is 0 Å². The molecule has 0 aromatic heterocycles. The highest BCUT2D eigenvalue weighted by Crippen LogP contribution is 2.64. The van der Waals surface area contributed by atoms with Crippen molar-refractivity contribution in [3.05, 3.63) is 34.8 Å². The Bertz CT molecular complexity index is 2570. The fourth-order valence-corrected chi connectivity index (χ4v) is 15.6. The summed E-state index contributed by atoms with van der Waals surface area (Å²) in [6.07, 6.45) is -26.9. The van der Waals surface area contributed by atoms with Crippen LogP contribution in [0.3, 0.4) is 0 Å². The highest BCUT2D eigenvalue weighted by molar-refractivity contribution is 5.90.